The zero-order valence-corrected chi connectivity index (χ0v) is 20.3. The molecule has 1 amide bonds. The van der Waals surface area contributed by atoms with Gasteiger partial charge in [-0.05, 0) is 37.1 Å². The Bertz CT molecular complexity index is 1270. The highest BCUT2D eigenvalue weighted by Crippen LogP contribution is 2.38. The molecule has 1 aromatic carbocycles. The zero-order chi connectivity index (χ0) is 23.4. The summed E-state index contributed by atoms with van der Waals surface area (Å²) in [5, 5.41) is 3.30. The molecule has 0 spiro atoms. The van der Waals surface area contributed by atoms with Crippen LogP contribution in [0, 0.1) is 0 Å². The van der Waals surface area contributed by atoms with E-state index in [1.54, 1.807) is 29.3 Å². The molecule has 1 atom stereocenters. The first-order valence-electron chi connectivity index (χ1n) is 11.1. The van der Waals surface area contributed by atoms with Gasteiger partial charge in [-0.2, -0.15) is 0 Å². The van der Waals surface area contributed by atoms with Gasteiger partial charge in [-0.3, -0.25) is 18.9 Å². The van der Waals surface area contributed by atoms with Crippen molar-refractivity contribution in [1.29, 1.82) is 0 Å². The highest BCUT2D eigenvalue weighted by molar-refractivity contribution is 8.26. The van der Waals surface area contributed by atoms with Gasteiger partial charge in [-0.1, -0.05) is 80.1 Å². The zero-order valence-electron chi connectivity index (χ0n) is 18.7. The number of carbonyl (C=O) groups is 1. The summed E-state index contributed by atoms with van der Waals surface area (Å²) in [5.74, 6) is 0.291. The fourth-order valence-corrected chi connectivity index (χ4v) is 5.18. The van der Waals surface area contributed by atoms with Gasteiger partial charge in [0.25, 0.3) is 11.5 Å². The van der Waals surface area contributed by atoms with Crippen molar-refractivity contribution in [2.24, 2.45) is 0 Å². The van der Waals surface area contributed by atoms with Gasteiger partial charge in [0.15, 0.2) is 0 Å². The molecule has 1 saturated heterocycles. The molecule has 1 aliphatic rings. The summed E-state index contributed by atoms with van der Waals surface area (Å²) >= 11 is 6.76. The van der Waals surface area contributed by atoms with Crippen molar-refractivity contribution >= 4 is 51.7 Å². The van der Waals surface area contributed by atoms with Crippen LogP contribution >= 0.6 is 24.0 Å². The van der Waals surface area contributed by atoms with E-state index in [0.29, 0.717) is 32.8 Å². The molecule has 0 saturated carbocycles. The Morgan fingerprint density at radius 3 is 2.64 bits per heavy atom. The van der Waals surface area contributed by atoms with Crippen LogP contribution in [-0.2, 0) is 4.79 Å². The average Bonchev–Trinajstić information content (AvgIpc) is 3.11. The van der Waals surface area contributed by atoms with Crippen LogP contribution in [0.15, 0.2) is 64.4 Å². The molecule has 170 valence electrons. The maximum absolute atomic E-state index is 13.3. The van der Waals surface area contributed by atoms with Crippen LogP contribution < -0.4 is 10.9 Å². The number of pyridine rings is 1. The number of benzene rings is 1. The second-order valence-electron chi connectivity index (χ2n) is 7.88. The number of unbranched alkanes of at least 4 members (excludes halogenated alkanes) is 2. The lowest BCUT2D eigenvalue weighted by atomic mass is 10.1. The van der Waals surface area contributed by atoms with Crippen LogP contribution in [0.25, 0.3) is 11.7 Å². The predicted octanol–water partition coefficient (Wildman–Crippen LogP) is 5.26. The fourth-order valence-electron chi connectivity index (χ4n) is 3.77. The third-order valence-corrected chi connectivity index (χ3v) is 6.94. The highest BCUT2D eigenvalue weighted by Gasteiger charge is 2.36. The van der Waals surface area contributed by atoms with Gasteiger partial charge in [0.2, 0.25) is 0 Å². The summed E-state index contributed by atoms with van der Waals surface area (Å²) < 4.78 is 1.98. The Kier molecular flexibility index (Phi) is 7.25. The SMILES string of the molecule is CCCCCNc1nc2ccccn2c(=O)c1/C=C1/SC(=S)N(C(C)c2ccccc2)C1=O. The number of rotatable bonds is 8. The van der Waals surface area contributed by atoms with Gasteiger partial charge >= 0.3 is 0 Å². The van der Waals surface area contributed by atoms with Crippen LogP contribution in [0.3, 0.4) is 0 Å². The van der Waals surface area contributed by atoms with Gasteiger partial charge in [-0.25, -0.2) is 4.98 Å². The molecule has 0 bridgehead atoms. The number of carbonyl (C=O) groups excluding carboxylic acids is 1. The standard InChI is InChI=1S/C25H26N4O2S2/c1-3-4-9-14-26-22-19(23(30)28-15-10-8-13-21(28)27-22)16-20-24(31)29(25(32)33-20)17(2)18-11-6-5-7-12-18/h5-8,10-13,15-17,26H,3-4,9,14H2,1-2H3/b20-16+. The van der Waals surface area contributed by atoms with Crippen molar-refractivity contribution in [3.8, 4) is 0 Å². The van der Waals surface area contributed by atoms with Gasteiger partial charge < -0.3 is 5.32 Å². The molecule has 0 aliphatic carbocycles. The molecule has 3 aromatic rings. The first-order valence-corrected chi connectivity index (χ1v) is 12.3. The summed E-state index contributed by atoms with van der Waals surface area (Å²) in [6.45, 7) is 4.80. The van der Waals surface area contributed by atoms with E-state index < -0.39 is 0 Å². The normalized spacial score (nSPS) is 16.1. The first kappa shape index (κ1) is 23.2. The van der Waals surface area contributed by atoms with Crippen LogP contribution in [0.2, 0.25) is 0 Å². The second-order valence-corrected chi connectivity index (χ2v) is 9.56. The number of hydrogen-bond donors (Lipinski definition) is 1. The first-order chi connectivity index (χ1) is 16.0. The number of anilines is 1. The molecule has 1 aliphatic heterocycles. The van der Waals surface area contributed by atoms with Gasteiger partial charge in [-0.15, -0.1) is 0 Å². The van der Waals surface area contributed by atoms with Crippen molar-refractivity contribution < 1.29 is 4.79 Å². The maximum Gasteiger partial charge on any atom is 0.267 e. The highest BCUT2D eigenvalue weighted by atomic mass is 32.2. The van der Waals surface area contributed by atoms with Crippen molar-refractivity contribution in [3.05, 3.63) is 81.1 Å². The quantitative estimate of drug-likeness (QED) is 0.271. The second kappa shape index (κ2) is 10.3. The molecule has 4 rings (SSSR count). The lowest BCUT2D eigenvalue weighted by molar-refractivity contribution is -0.123. The monoisotopic (exact) mass is 478 g/mol. The number of nitrogens with one attached hydrogen (secondary N) is 1. The van der Waals surface area contributed by atoms with E-state index >= 15 is 0 Å². The minimum absolute atomic E-state index is 0.198. The van der Waals surface area contributed by atoms with E-state index in [0.717, 1.165) is 24.8 Å². The maximum atomic E-state index is 13.3. The van der Waals surface area contributed by atoms with Crippen LogP contribution in [0.4, 0.5) is 5.82 Å². The number of thiocarbonyl (C=S) groups is 1. The largest absolute Gasteiger partial charge is 0.369 e. The van der Waals surface area contributed by atoms with Gasteiger partial charge in [0.05, 0.1) is 16.5 Å². The minimum Gasteiger partial charge on any atom is -0.369 e. The Hall–Kier alpha value is -2.97. The number of aromatic nitrogens is 2. The third-order valence-electron chi connectivity index (χ3n) is 5.61. The molecule has 1 fully saturated rings. The Labute approximate surface area is 202 Å². The topological polar surface area (TPSA) is 66.7 Å². The summed E-state index contributed by atoms with van der Waals surface area (Å²) in [4.78, 5) is 33.3. The minimum atomic E-state index is -0.222. The van der Waals surface area contributed by atoms with Crippen molar-refractivity contribution in [2.45, 2.75) is 39.2 Å². The van der Waals surface area contributed by atoms with Crippen LogP contribution in [0.1, 0.15) is 50.3 Å². The summed E-state index contributed by atoms with van der Waals surface area (Å²) in [7, 11) is 0. The van der Waals surface area contributed by atoms with E-state index in [9.17, 15) is 9.59 Å². The predicted molar refractivity (Wildman–Crippen MR) is 139 cm³/mol. The van der Waals surface area contributed by atoms with E-state index in [4.69, 9.17) is 12.2 Å². The molecule has 33 heavy (non-hydrogen) atoms. The molecule has 8 heteroatoms. The fraction of sp³-hybridized carbons (Fsp3) is 0.280. The number of thioether (sulfide) groups is 1. The lowest BCUT2D eigenvalue weighted by Gasteiger charge is -2.23. The van der Waals surface area contributed by atoms with E-state index in [1.165, 1.54) is 16.2 Å². The Morgan fingerprint density at radius 2 is 1.88 bits per heavy atom. The number of nitrogens with zero attached hydrogens (tertiary/aromatic N) is 3. The van der Waals surface area contributed by atoms with Crippen molar-refractivity contribution in [1.82, 2.24) is 14.3 Å². The lowest BCUT2D eigenvalue weighted by Crippen LogP contribution is -2.31. The Balaban J connectivity index is 1.71. The van der Waals surface area contributed by atoms with Crippen LogP contribution in [-0.4, -0.2) is 31.1 Å². The third kappa shape index (κ3) is 4.86. The molecule has 2 aromatic heterocycles. The number of amides is 1. The molecule has 3 heterocycles. The summed E-state index contributed by atoms with van der Waals surface area (Å²) in [6, 6.07) is 15.0. The molecular formula is C25H26N4O2S2. The van der Waals surface area contributed by atoms with Crippen LogP contribution in [0.5, 0.6) is 0 Å². The van der Waals surface area contributed by atoms with Crippen molar-refractivity contribution in [2.75, 3.05) is 11.9 Å². The molecular weight excluding hydrogens is 452 g/mol. The van der Waals surface area contributed by atoms with Gasteiger partial charge in [0, 0.05) is 12.7 Å². The molecule has 1 N–H and O–H groups in total. The van der Waals surface area contributed by atoms with E-state index in [1.807, 2.05) is 43.3 Å². The smallest absolute Gasteiger partial charge is 0.267 e. The van der Waals surface area contributed by atoms with Crippen molar-refractivity contribution in [3.63, 3.8) is 0 Å². The van der Waals surface area contributed by atoms with Gasteiger partial charge in [0.1, 0.15) is 15.8 Å². The van der Waals surface area contributed by atoms with E-state index in [2.05, 4.69) is 17.2 Å². The number of hydrogen-bond acceptors (Lipinski definition) is 6. The molecule has 6 nitrogen and oxygen atoms in total. The summed E-state index contributed by atoms with van der Waals surface area (Å²) in [6.07, 6.45) is 6.48. The van der Waals surface area contributed by atoms with E-state index in [-0.39, 0.29) is 17.5 Å². The number of fused-ring (bicyclic) bond motifs is 1. The summed E-state index contributed by atoms with van der Waals surface area (Å²) in [5.41, 5.74) is 1.70. The Morgan fingerprint density at radius 1 is 1.12 bits per heavy atom. The average molecular weight is 479 g/mol. The molecule has 1 unspecified atom stereocenters. The molecule has 0 radical (unpaired) electrons.